The number of ether oxygens (including phenoxy) is 1. The molecule has 0 saturated heterocycles. The Morgan fingerprint density at radius 2 is 2.06 bits per heavy atom. The van der Waals surface area contributed by atoms with Crippen molar-refractivity contribution in [1.82, 2.24) is 19.2 Å². The lowest BCUT2D eigenvalue weighted by Gasteiger charge is -2.37. The molecule has 2 aromatic rings. The first-order chi connectivity index (χ1) is 16.3. The number of aliphatic hydroxyl groups is 1. The number of aromatic nitrogens is 2. The van der Waals surface area contributed by atoms with Crippen molar-refractivity contribution < 1.29 is 18.3 Å². The van der Waals surface area contributed by atoms with Crippen LogP contribution in [0, 0.1) is 17.8 Å². The van der Waals surface area contributed by atoms with Crippen molar-refractivity contribution in [2.24, 2.45) is 5.92 Å². The van der Waals surface area contributed by atoms with E-state index in [-0.39, 0.29) is 30.1 Å². The molecule has 9 heteroatoms. The zero-order valence-corrected chi connectivity index (χ0v) is 21.1. The molecule has 0 fully saturated rings. The summed E-state index contributed by atoms with van der Waals surface area (Å²) in [5.74, 6) is 6.38. The zero-order valence-electron chi connectivity index (χ0n) is 20.3. The minimum absolute atomic E-state index is 0.102. The van der Waals surface area contributed by atoms with Gasteiger partial charge in [0.1, 0.15) is 23.1 Å². The topological polar surface area (TPSA) is 95.9 Å². The van der Waals surface area contributed by atoms with Gasteiger partial charge >= 0.3 is 0 Å². The Bertz CT molecular complexity index is 1110. The van der Waals surface area contributed by atoms with Crippen LogP contribution in [0.1, 0.15) is 44.7 Å². The summed E-state index contributed by atoms with van der Waals surface area (Å²) < 4.78 is 34.9. The van der Waals surface area contributed by atoms with Gasteiger partial charge in [0.05, 0.1) is 6.61 Å². The van der Waals surface area contributed by atoms with Gasteiger partial charge in [-0.15, -0.1) is 0 Å². The summed E-state index contributed by atoms with van der Waals surface area (Å²) in [6, 6.07) is 4.44. The Hall–Kier alpha value is -2.51. The van der Waals surface area contributed by atoms with Gasteiger partial charge in [-0.05, 0) is 38.6 Å². The molecule has 0 amide bonds. The van der Waals surface area contributed by atoms with Crippen molar-refractivity contribution in [3.8, 4) is 17.6 Å². The third kappa shape index (κ3) is 6.33. The van der Waals surface area contributed by atoms with Crippen molar-refractivity contribution in [3.63, 3.8) is 0 Å². The molecule has 1 N–H and O–H groups in total. The summed E-state index contributed by atoms with van der Waals surface area (Å²) in [7, 11) is -1.87. The second kappa shape index (κ2) is 11.8. The van der Waals surface area contributed by atoms with E-state index in [0.717, 1.165) is 18.4 Å². The fraction of sp³-hybridized carbons (Fsp3) is 0.520. The molecule has 1 aromatic heterocycles. The molecule has 8 nitrogen and oxygen atoms in total. The van der Waals surface area contributed by atoms with Gasteiger partial charge in [0.25, 0.3) is 0 Å². The molecule has 0 bridgehead atoms. The van der Waals surface area contributed by atoms with Crippen LogP contribution in [0.25, 0.3) is 0 Å². The Morgan fingerprint density at radius 1 is 1.32 bits per heavy atom. The van der Waals surface area contributed by atoms with Crippen molar-refractivity contribution in [2.45, 2.75) is 57.2 Å². The van der Waals surface area contributed by atoms with E-state index in [9.17, 15) is 13.5 Å². The van der Waals surface area contributed by atoms with Crippen LogP contribution in [0.15, 0.2) is 41.8 Å². The van der Waals surface area contributed by atoms with Crippen molar-refractivity contribution >= 4 is 10.0 Å². The van der Waals surface area contributed by atoms with E-state index >= 15 is 0 Å². The Morgan fingerprint density at radius 3 is 2.74 bits per heavy atom. The quantitative estimate of drug-likeness (QED) is 0.601. The standard InChI is InChI=1S/C25H34N4O4S/c1-5-6-7-8-21-9-10-25-23(11-21)33-24(16-28(4)15-22-12-26-18-27-13-22)19(2)14-29(20(3)17-30)34(25,31)32/h9-13,18-20,24,30H,5-6,14-17H2,1-4H3/t19-,20-,24+/m0/s1. The first kappa shape index (κ1) is 26.1. The third-order valence-electron chi connectivity index (χ3n) is 5.83. The summed E-state index contributed by atoms with van der Waals surface area (Å²) >= 11 is 0. The first-order valence-electron chi connectivity index (χ1n) is 11.6. The molecule has 2 heterocycles. The second-order valence-electron chi connectivity index (χ2n) is 8.90. The van der Waals surface area contributed by atoms with Crippen LogP contribution in [0.2, 0.25) is 0 Å². The fourth-order valence-electron chi connectivity index (χ4n) is 3.91. The maximum atomic E-state index is 13.5. The SMILES string of the molecule is CCCC#Cc1ccc2c(c1)O[C@H](CN(C)Cc1cncnc1)[C@@H](C)CN([C@@H](C)CO)S2(=O)=O. The maximum absolute atomic E-state index is 13.5. The molecular weight excluding hydrogens is 452 g/mol. The van der Waals surface area contributed by atoms with E-state index in [1.54, 1.807) is 37.5 Å². The number of rotatable bonds is 7. The van der Waals surface area contributed by atoms with Gasteiger partial charge in [0.2, 0.25) is 10.0 Å². The summed E-state index contributed by atoms with van der Waals surface area (Å²) in [5, 5.41) is 9.78. The van der Waals surface area contributed by atoms with Gasteiger partial charge in [0.15, 0.2) is 0 Å². The fourth-order valence-corrected chi connectivity index (χ4v) is 5.73. The monoisotopic (exact) mass is 486 g/mol. The molecule has 184 valence electrons. The predicted octanol–water partition coefficient (Wildman–Crippen LogP) is 2.53. The molecule has 0 saturated carbocycles. The number of hydrogen-bond donors (Lipinski definition) is 1. The number of benzene rings is 1. The van der Waals surface area contributed by atoms with Crippen molar-refractivity contribution in [1.29, 1.82) is 0 Å². The molecule has 0 radical (unpaired) electrons. The lowest BCUT2D eigenvalue weighted by Crippen LogP contribution is -2.49. The van der Waals surface area contributed by atoms with Crippen LogP contribution >= 0.6 is 0 Å². The Kier molecular flexibility index (Phi) is 9.03. The highest BCUT2D eigenvalue weighted by Gasteiger charge is 2.38. The smallest absolute Gasteiger partial charge is 0.247 e. The molecule has 3 atom stereocenters. The summed E-state index contributed by atoms with van der Waals surface area (Å²) in [6.45, 7) is 6.95. The van der Waals surface area contributed by atoms with Crippen LogP contribution < -0.4 is 4.74 Å². The lowest BCUT2D eigenvalue weighted by atomic mass is 10.0. The number of fused-ring (bicyclic) bond motifs is 1. The molecule has 0 spiro atoms. The third-order valence-corrected chi connectivity index (χ3v) is 7.85. The van der Waals surface area contributed by atoms with Crippen LogP contribution in [-0.4, -0.2) is 71.6 Å². The molecule has 3 rings (SSSR count). The van der Waals surface area contributed by atoms with Crippen molar-refractivity contribution in [3.05, 3.63) is 48.0 Å². The normalized spacial score (nSPS) is 20.9. The molecule has 0 unspecified atom stereocenters. The summed E-state index contributed by atoms with van der Waals surface area (Å²) in [5.41, 5.74) is 1.70. The average molecular weight is 487 g/mol. The predicted molar refractivity (Wildman–Crippen MR) is 131 cm³/mol. The van der Waals surface area contributed by atoms with Gasteiger partial charge in [0, 0.05) is 61.5 Å². The Balaban J connectivity index is 1.97. The van der Waals surface area contributed by atoms with Gasteiger partial charge in [-0.3, -0.25) is 4.90 Å². The van der Waals surface area contributed by atoms with Gasteiger partial charge in [-0.2, -0.15) is 4.31 Å². The number of aliphatic hydroxyl groups excluding tert-OH is 1. The number of sulfonamides is 1. The minimum Gasteiger partial charge on any atom is -0.487 e. The molecular formula is C25H34N4O4S. The maximum Gasteiger partial charge on any atom is 0.247 e. The van der Waals surface area contributed by atoms with Gasteiger partial charge in [-0.1, -0.05) is 25.7 Å². The van der Waals surface area contributed by atoms with Crippen LogP contribution in [0.4, 0.5) is 0 Å². The van der Waals surface area contributed by atoms with Crippen LogP contribution in [-0.2, 0) is 16.6 Å². The lowest BCUT2D eigenvalue weighted by molar-refractivity contribution is 0.0733. The number of hydrogen-bond acceptors (Lipinski definition) is 7. The van der Waals surface area contributed by atoms with Gasteiger partial charge < -0.3 is 9.84 Å². The van der Waals surface area contributed by atoms with Crippen LogP contribution in [0.3, 0.4) is 0 Å². The molecule has 0 aliphatic carbocycles. The molecule has 1 aromatic carbocycles. The largest absolute Gasteiger partial charge is 0.487 e. The highest BCUT2D eigenvalue weighted by atomic mass is 32.2. The van der Waals surface area contributed by atoms with Crippen molar-refractivity contribution in [2.75, 3.05) is 26.7 Å². The minimum atomic E-state index is -3.86. The zero-order chi connectivity index (χ0) is 24.7. The van der Waals surface area contributed by atoms with E-state index in [0.29, 0.717) is 24.4 Å². The summed E-state index contributed by atoms with van der Waals surface area (Å²) in [6.07, 6.45) is 6.50. The van der Waals surface area contributed by atoms with E-state index < -0.39 is 16.1 Å². The van der Waals surface area contributed by atoms with E-state index in [4.69, 9.17) is 4.74 Å². The van der Waals surface area contributed by atoms with E-state index in [1.165, 1.54) is 10.6 Å². The summed E-state index contributed by atoms with van der Waals surface area (Å²) in [4.78, 5) is 10.4. The molecule has 34 heavy (non-hydrogen) atoms. The first-order valence-corrected chi connectivity index (χ1v) is 13.0. The highest BCUT2D eigenvalue weighted by molar-refractivity contribution is 7.89. The van der Waals surface area contributed by atoms with Gasteiger partial charge in [-0.25, -0.2) is 18.4 Å². The molecule has 1 aliphatic heterocycles. The average Bonchev–Trinajstić information content (AvgIpc) is 2.81. The second-order valence-corrected chi connectivity index (χ2v) is 10.8. The van der Waals surface area contributed by atoms with E-state index in [2.05, 4.69) is 33.6 Å². The number of nitrogens with zero attached hydrogens (tertiary/aromatic N) is 4. The van der Waals surface area contributed by atoms with E-state index in [1.807, 2.05) is 14.0 Å². The molecule has 1 aliphatic rings. The highest BCUT2D eigenvalue weighted by Crippen LogP contribution is 2.34. The Labute approximate surface area is 203 Å². The number of likely N-dealkylation sites (N-methyl/N-ethyl adjacent to an activating group) is 1. The number of unbranched alkanes of at least 4 members (excludes halogenated alkanes) is 1. The van der Waals surface area contributed by atoms with Crippen LogP contribution in [0.5, 0.6) is 5.75 Å².